The number of rotatable bonds is 4. The summed E-state index contributed by atoms with van der Waals surface area (Å²) in [7, 11) is 3.45. The van der Waals surface area contributed by atoms with Crippen molar-refractivity contribution in [2.24, 2.45) is 7.05 Å². The minimum absolute atomic E-state index is 0.0443. The molecule has 1 saturated heterocycles. The summed E-state index contributed by atoms with van der Waals surface area (Å²) in [6, 6.07) is 7.84. The van der Waals surface area contributed by atoms with Gasteiger partial charge in [-0.15, -0.1) is 0 Å². The van der Waals surface area contributed by atoms with Gasteiger partial charge < -0.3 is 15.0 Å². The number of amides is 1. The van der Waals surface area contributed by atoms with E-state index in [1.807, 2.05) is 43.1 Å². The van der Waals surface area contributed by atoms with E-state index in [2.05, 4.69) is 20.4 Å². The van der Waals surface area contributed by atoms with E-state index in [1.54, 1.807) is 18.1 Å². The van der Waals surface area contributed by atoms with Crippen molar-refractivity contribution in [2.75, 3.05) is 25.5 Å². The maximum Gasteiger partial charge on any atom is 0.253 e. The first kappa shape index (κ1) is 18.2. The highest BCUT2D eigenvalue weighted by Gasteiger charge is 2.24. The van der Waals surface area contributed by atoms with Crippen LogP contribution in [-0.2, 0) is 7.05 Å². The number of carbonyl (C=O) groups is 1. The first-order valence-electron chi connectivity index (χ1n) is 9.40. The highest BCUT2D eigenvalue weighted by molar-refractivity contribution is 5.98. The van der Waals surface area contributed by atoms with Crippen LogP contribution in [0.1, 0.15) is 28.9 Å². The number of nitrogens with zero attached hydrogens (tertiary/aromatic N) is 5. The fourth-order valence-electron chi connectivity index (χ4n) is 3.70. The van der Waals surface area contributed by atoms with E-state index in [-0.39, 0.29) is 5.91 Å². The van der Waals surface area contributed by atoms with Crippen molar-refractivity contribution in [3.8, 4) is 5.88 Å². The third-order valence-corrected chi connectivity index (χ3v) is 5.16. The zero-order valence-electron chi connectivity index (χ0n) is 16.3. The Hall–Kier alpha value is -3.16. The average Bonchev–Trinajstić information content (AvgIpc) is 3.02. The van der Waals surface area contributed by atoms with Crippen molar-refractivity contribution in [1.29, 1.82) is 0 Å². The van der Waals surface area contributed by atoms with Crippen LogP contribution in [0.25, 0.3) is 10.9 Å². The van der Waals surface area contributed by atoms with Gasteiger partial charge in [0.15, 0.2) is 0 Å². The molecule has 2 aromatic heterocycles. The second-order valence-corrected chi connectivity index (χ2v) is 7.12. The fraction of sp³-hybridized carbons (Fsp3) is 0.400. The molecule has 0 saturated carbocycles. The molecule has 1 aliphatic rings. The van der Waals surface area contributed by atoms with E-state index in [4.69, 9.17) is 4.74 Å². The average molecular weight is 380 g/mol. The molecule has 8 nitrogen and oxygen atoms in total. The maximum atomic E-state index is 12.9. The Bertz CT molecular complexity index is 1010. The Morgan fingerprint density at radius 3 is 2.71 bits per heavy atom. The van der Waals surface area contributed by atoms with E-state index in [0.717, 1.165) is 35.3 Å². The van der Waals surface area contributed by atoms with Gasteiger partial charge in [-0.25, -0.2) is 14.6 Å². The number of fused-ring (bicyclic) bond motifs is 1. The van der Waals surface area contributed by atoms with Gasteiger partial charge in [0, 0.05) is 43.5 Å². The molecule has 4 rings (SSSR count). The summed E-state index contributed by atoms with van der Waals surface area (Å²) in [5, 5.41) is 8.79. The molecule has 1 aliphatic heterocycles. The molecule has 28 heavy (non-hydrogen) atoms. The molecular weight excluding hydrogens is 356 g/mol. The molecule has 1 aromatic carbocycles. The summed E-state index contributed by atoms with van der Waals surface area (Å²) in [5.41, 5.74) is 2.36. The monoisotopic (exact) mass is 380 g/mol. The second kappa shape index (κ2) is 7.46. The van der Waals surface area contributed by atoms with Crippen LogP contribution in [0.5, 0.6) is 5.88 Å². The highest BCUT2D eigenvalue weighted by atomic mass is 16.5. The third-order valence-electron chi connectivity index (χ3n) is 5.16. The molecule has 0 aliphatic carbocycles. The Morgan fingerprint density at radius 1 is 1.21 bits per heavy atom. The minimum Gasteiger partial charge on any atom is -0.481 e. The van der Waals surface area contributed by atoms with Gasteiger partial charge in [-0.1, -0.05) is 0 Å². The van der Waals surface area contributed by atoms with Gasteiger partial charge in [-0.05, 0) is 38.0 Å². The van der Waals surface area contributed by atoms with E-state index >= 15 is 0 Å². The lowest BCUT2D eigenvalue weighted by molar-refractivity contribution is 0.0718. The Balaban J connectivity index is 1.41. The first-order chi connectivity index (χ1) is 13.5. The number of likely N-dealkylation sites (tertiary alicyclic amines) is 1. The standard InChI is InChI=1S/C20H24N6O2/c1-13-10-18(22-12-21-13)23-15-6-8-26(9-7-15)19(27)14-4-5-16-17(11-14)24-25(2)20(16)28-3/h4-5,10-12,15H,6-9H2,1-3H3,(H,21,22,23). The summed E-state index contributed by atoms with van der Waals surface area (Å²) in [4.78, 5) is 23.2. The van der Waals surface area contributed by atoms with Crippen molar-refractivity contribution >= 4 is 22.6 Å². The summed E-state index contributed by atoms with van der Waals surface area (Å²) in [6.45, 7) is 3.37. The number of ether oxygens (including phenoxy) is 1. The van der Waals surface area contributed by atoms with Crippen LogP contribution in [0.2, 0.25) is 0 Å². The number of benzene rings is 1. The number of hydrogen-bond donors (Lipinski definition) is 1. The van der Waals surface area contributed by atoms with Gasteiger partial charge in [0.1, 0.15) is 12.1 Å². The largest absolute Gasteiger partial charge is 0.481 e. The van der Waals surface area contributed by atoms with Gasteiger partial charge in [0.05, 0.1) is 18.0 Å². The molecule has 8 heteroatoms. The number of aryl methyl sites for hydroxylation is 2. The van der Waals surface area contributed by atoms with Crippen molar-refractivity contribution in [3.63, 3.8) is 0 Å². The number of methoxy groups -OCH3 is 1. The first-order valence-corrected chi connectivity index (χ1v) is 9.40. The highest BCUT2D eigenvalue weighted by Crippen LogP contribution is 2.26. The molecule has 0 bridgehead atoms. The number of anilines is 1. The van der Waals surface area contributed by atoms with Crippen LogP contribution < -0.4 is 10.1 Å². The number of nitrogens with one attached hydrogen (secondary N) is 1. The predicted molar refractivity (Wildman–Crippen MR) is 107 cm³/mol. The molecule has 0 atom stereocenters. The molecule has 1 fully saturated rings. The molecule has 0 radical (unpaired) electrons. The molecule has 3 aromatic rings. The van der Waals surface area contributed by atoms with E-state index in [9.17, 15) is 4.79 Å². The van der Waals surface area contributed by atoms with Crippen molar-refractivity contribution in [1.82, 2.24) is 24.6 Å². The van der Waals surface area contributed by atoms with E-state index in [0.29, 0.717) is 30.6 Å². The zero-order valence-corrected chi connectivity index (χ0v) is 16.3. The summed E-state index contributed by atoms with van der Waals surface area (Å²) < 4.78 is 7.06. The quantitative estimate of drug-likeness (QED) is 0.748. The van der Waals surface area contributed by atoms with Crippen LogP contribution >= 0.6 is 0 Å². The van der Waals surface area contributed by atoms with Crippen LogP contribution in [0.3, 0.4) is 0 Å². The van der Waals surface area contributed by atoms with Crippen molar-refractivity contribution in [3.05, 3.63) is 41.9 Å². The molecular formula is C20H24N6O2. The molecule has 1 amide bonds. The van der Waals surface area contributed by atoms with E-state index in [1.165, 1.54) is 0 Å². The van der Waals surface area contributed by atoms with Crippen LogP contribution in [-0.4, -0.2) is 56.8 Å². The zero-order chi connectivity index (χ0) is 19.7. The van der Waals surface area contributed by atoms with Gasteiger partial charge >= 0.3 is 0 Å². The van der Waals surface area contributed by atoms with Gasteiger partial charge in [0.2, 0.25) is 5.88 Å². The number of aromatic nitrogens is 4. The number of carbonyl (C=O) groups excluding carboxylic acids is 1. The predicted octanol–water partition coefficient (Wildman–Crippen LogP) is 2.40. The Kier molecular flexibility index (Phi) is 4.85. The summed E-state index contributed by atoms with van der Waals surface area (Å²) >= 11 is 0. The van der Waals surface area contributed by atoms with Gasteiger partial charge in [-0.2, -0.15) is 5.10 Å². The van der Waals surface area contributed by atoms with Gasteiger partial charge in [0.25, 0.3) is 5.91 Å². The summed E-state index contributed by atoms with van der Waals surface area (Å²) in [5.74, 6) is 1.58. The van der Waals surface area contributed by atoms with Gasteiger partial charge in [-0.3, -0.25) is 4.79 Å². The lowest BCUT2D eigenvalue weighted by Crippen LogP contribution is -2.42. The molecule has 0 unspecified atom stereocenters. The number of hydrogen-bond acceptors (Lipinski definition) is 6. The normalized spacial score (nSPS) is 15.0. The van der Waals surface area contributed by atoms with Crippen LogP contribution in [0, 0.1) is 6.92 Å². The number of piperidine rings is 1. The minimum atomic E-state index is 0.0443. The molecule has 3 heterocycles. The van der Waals surface area contributed by atoms with Crippen molar-refractivity contribution in [2.45, 2.75) is 25.8 Å². The molecule has 146 valence electrons. The van der Waals surface area contributed by atoms with Crippen LogP contribution in [0.4, 0.5) is 5.82 Å². The maximum absolute atomic E-state index is 12.9. The van der Waals surface area contributed by atoms with E-state index < -0.39 is 0 Å². The Labute approximate surface area is 163 Å². The SMILES string of the molecule is COc1c2ccc(C(=O)N3CCC(Nc4cc(C)ncn4)CC3)cc2nn1C. The fourth-order valence-corrected chi connectivity index (χ4v) is 3.70. The Morgan fingerprint density at radius 2 is 2.00 bits per heavy atom. The second-order valence-electron chi connectivity index (χ2n) is 7.12. The lowest BCUT2D eigenvalue weighted by atomic mass is 10.0. The smallest absolute Gasteiger partial charge is 0.253 e. The molecule has 0 spiro atoms. The van der Waals surface area contributed by atoms with Crippen molar-refractivity contribution < 1.29 is 9.53 Å². The molecule has 1 N–H and O–H groups in total. The topological polar surface area (TPSA) is 85.2 Å². The lowest BCUT2D eigenvalue weighted by Gasteiger charge is -2.32. The summed E-state index contributed by atoms with van der Waals surface area (Å²) in [6.07, 6.45) is 3.34. The van der Waals surface area contributed by atoms with Crippen LogP contribution in [0.15, 0.2) is 30.6 Å². The third kappa shape index (κ3) is 3.49.